The lowest BCUT2D eigenvalue weighted by atomic mass is 9.96. The molecule has 0 radical (unpaired) electrons. The molecule has 0 amide bonds. The van der Waals surface area contributed by atoms with E-state index in [1.54, 1.807) is 0 Å². The number of nitrogens with one attached hydrogen (secondary N) is 1. The van der Waals surface area contributed by atoms with Gasteiger partial charge in [-0.1, -0.05) is 13.0 Å². The van der Waals surface area contributed by atoms with Crippen molar-refractivity contribution in [2.24, 2.45) is 0 Å². The van der Waals surface area contributed by atoms with E-state index in [1.807, 2.05) is 19.4 Å². The van der Waals surface area contributed by atoms with E-state index in [0.717, 1.165) is 31.7 Å². The van der Waals surface area contributed by atoms with Crippen molar-refractivity contribution in [3.8, 4) is 0 Å². The summed E-state index contributed by atoms with van der Waals surface area (Å²) in [5.41, 5.74) is 3.59. The molecule has 0 saturated carbocycles. The van der Waals surface area contributed by atoms with Crippen LogP contribution in [-0.4, -0.2) is 18.1 Å². The highest BCUT2D eigenvalue weighted by Gasteiger charge is 2.18. The van der Waals surface area contributed by atoms with Crippen molar-refractivity contribution in [3.05, 3.63) is 41.4 Å². The van der Waals surface area contributed by atoms with Crippen LogP contribution in [0.5, 0.6) is 0 Å². The molecular formula is C14H20N2O. The quantitative estimate of drug-likeness (QED) is 0.866. The Kier molecular flexibility index (Phi) is 4.15. The Balaban J connectivity index is 2.21. The molecule has 2 rings (SSSR count). The Morgan fingerprint density at radius 1 is 1.47 bits per heavy atom. The molecule has 0 spiro atoms. The van der Waals surface area contributed by atoms with Crippen LogP contribution >= 0.6 is 0 Å². The van der Waals surface area contributed by atoms with Gasteiger partial charge in [-0.15, -0.1) is 0 Å². The number of ether oxygens (including phenoxy) is 1. The highest BCUT2D eigenvalue weighted by Crippen LogP contribution is 2.27. The fourth-order valence-electron chi connectivity index (χ4n) is 2.11. The van der Waals surface area contributed by atoms with Gasteiger partial charge in [0.1, 0.15) is 0 Å². The minimum Gasteiger partial charge on any atom is -0.501 e. The number of likely N-dealkylation sites (N-methyl/N-ethyl adjacent to an activating group) is 1. The Labute approximate surface area is 103 Å². The largest absolute Gasteiger partial charge is 0.501 e. The summed E-state index contributed by atoms with van der Waals surface area (Å²) < 4.78 is 5.43. The van der Waals surface area contributed by atoms with Gasteiger partial charge in [-0.25, -0.2) is 0 Å². The molecule has 1 aromatic rings. The van der Waals surface area contributed by atoms with E-state index in [4.69, 9.17) is 4.74 Å². The fraction of sp³-hybridized carbons (Fsp3) is 0.500. The molecule has 17 heavy (non-hydrogen) atoms. The normalized spacial score (nSPS) is 17.2. The van der Waals surface area contributed by atoms with Gasteiger partial charge in [0.25, 0.3) is 0 Å². The third-order valence-electron chi connectivity index (χ3n) is 3.01. The maximum atomic E-state index is 5.43. The molecule has 1 unspecified atom stereocenters. The van der Waals surface area contributed by atoms with Gasteiger partial charge < -0.3 is 10.1 Å². The summed E-state index contributed by atoms with van der Waals surface area (Å²) in [7, 11) is 0. The number of hydrogen-bond donors (Lipinski definition) is 1. The zero-order valence-electron chi connectivity index (χ0n) is 10.6. The van der Waals surface area contributed by atoms with Crippen molar-refractivity contribution < 1.29 is 4.74 Å². The zero-order valence-corrected chi connectivity index (χ0v) is 10.6. The van der Waals surface area contributed by atoms with Gasteiger partial charge >= 0.3 is 0 Å². The predicted octanol–water partition coefficient (Wildman–Crippen LogP) is 2.73. The average Bonchev–Trinajstić information content (AvgIpc) is 2.38. The van der Waals surface area contributed by atoms with E-state index in [2.05, 4.69) is 29.4 Å². The van der Waals surface area contributed by atoms with Crippen molar-refractivity contribution in [2.75, 3.05) is 13.2 Å². The maximum Gasteiger partial charge on any atom is 0.0876 e. The molecule has 0 aromatic carbocycles. The summed E-state index contributed by atoms with van der Waals surface area (Å²) in [5, 5.41) is 3.50. The highest BCUT2D eigenvalue weighted by atomic mass is 16.5. The Morgan fingerprint density at radius 2 is 2.35 bits per heavy atom. The van der Waals surface area contributed by atoms with Crippen LogP contribution in [0.1, 0.15) is 37.1 Å². The maximum absolute atomic E-state index is 5.43. The second-order valence-electron chi connectivity index (χ2n) is 4.39. The molecule has 1 atom stereocenters. The third kappa shape index (κ3) is 3.07. The van der Waals surface area contributed by atoms with Crippen molar-refractivity contribution >= 4 is 0 Å². The summed E-state index contributed by atoms with van der Waals surface area (Å²) in [6, 6.07) is 4.45. The molecule has 0 fully saturated rings. The molecule has 1 aliphatic rings. The van der Waals surface area contributed by atoms with Crippen LogP contribution in [0.15, 0.2) is 30.2 Å². The number of aryl methyl sites for hydroxylation is 1. The SMILES string of the molecule is CCNC(C1=COCCC1)c1ccc(C)nc1. The Morgan fingerprint density at radius 3 is 2.94 bits per heavy atom. The Hall–Kier alpha value is -1.35. The number of nitrogens with zero attached hydrogens (tertiary/aromatic N) is 1. The van der Waals surface area contributed by atoms with Crippen LogP contribution in [0.4, 0.5) is 0 Å². The monoisotopic (exact) mass is 232 g/mol. The number of pyridine rings is 1. The first-order valence-electron chi connectivity index (χ1n) is 6.27. The summed E-state index contributed by atoms with van der Waals surface area (Å²) in [6.07, 6.45) is 6.08. The van der Waals surface area contributed by atoms with Crippen LogP contribution in [0, 0.1) is 6.92 Å². The van der Waals surface area contributed by atoms with E-state index < -0.39 is 0 Å². The van der Waals surface area contributed by atoms with Crippen molar-refractivity contribution in [1.82, 2.24) is 10.3 Å². The summed E-state index contributed by atoms with van der Waals surface area (Å²) >= 11 is 0. The van der Waals surface area contributed by atoms with E-state index in [-0.39, 0.29) is 6.04 Å². The molecule has 3 heteroatoms. The molecule has 0 aliphatic carbocycles. The highest BCUT2D eigenvalue weighted by molar-refractivity contribution is 5.26. The molecule has 3 nitrogen and oxygen atoms in total. The van der Waals surface area contributed by atoms with Crippen molar-refractivity contribution in [2.45, 2.75) is 32.7 Å². The van der Waals surface area contributed by atoms with Crippen molar-refractivity contribution in [1.29, 1.82) is 0 Å². The molecule has 1 N–H and O–H groups in total. The van der Waals surface area contributed by atoms with E-state index >= 15 is 0 Å². The van der Waals surface area contributed by atoms with Gasteiger partial charge in [0.2, 0.25) is 0 Å². The molecule has 1 aromatic heterocycles. The van der Waals surface area contributed by atoms with Crippen LogP contribution in [0.3, 0.4) is 0 Å². The first kappa shape index (κ1) is 12.1. The first-order chi connectivity index (χ1) is 8.31. The summed E-state index contributed by atoms with van der Waals surface area (Å²) in [4.78, 5) is 4.37. The van der Waals surface area contributed by atoms with Crippen LogP contribution in [0.2, 0.25) is 0 Å². The molecule has 2 heterocycles. The van der Waals surface area contributed by atoms with Crippen molar-refractivity contribution in [3.63, 3.8) is 0 Å². The third-order valence-corrected chi connectivity index (χ3v) is 3.01. The van der Waals surface area contributed by atoms with Crippen LogP contribution in [-0.2, 0) is 4.74 Å². The number of rotatable bonds is 4. The van der Waals surface area contributed by atoms with E-state index in [9.17, 15) is 0 Å². The van der Waals surface area contributed by atoms with Gasteiger partial charge in [0.15, 0.2) is 0 Å². The minimum atomic E-state index is 0.244. The second-order valence-corrected chi connectivity index (χ2v) is 4.39. The molecule has 1 aliphatic heterocycles. The number of hydrogen-bond acceptors (Lipinski definition) is 3. The topological polar surface area (TPSA) is 34.1 Å². The van der Waals surface area contributed by atoms with Gasteiger partial charge in [0, 0.05) is 11.9 Å². The fourth-order valence-corrected chi connectivity index (χ4v) is 2.11. The standard InChI is InChI=1S/C14H20N2O/c1-3-15-14(13-5-4-8-17-10-13)12-7-6-11(2)16-9-12/h6-7,9-10,14-15H,3-5,8H2,1-2H3. The average molecular weight is 232 g/mol. The van der Waals surface area contributed by atoms with Crippen LogP contribution in [0.25, 0.3) is 0 Å². The van der Waals surface area contributed by atoms with Gasteiger partial charge in [0.05, 0.1) is 18.9 Å². The Bertz CT molecular complexity index is 384. The first-order valence-corrected chi connectivity index (χ1v) is 6.27. The molecular weight excluding hydrogens is 212 g/mol. The molecule has 0 saturated heterocycles. The number of aromatic nitrogens is 1. The lowest BCUT2D eigenvalue weighted by Crippen LogP contribution is -2.24. The summed E-state index contributed by atoms with van der Waals surface area (Å²) in [5.74, 6) is 0. The molecule has 92 valence electrons. The lowest BCUT2D eigenvalue weighted by Gasteiger charge is -2.24. The van der Waals surface area contributed by atoms with Crippen LogP contribution < -0.4 is 5.32 Å². The summed E-state index contributed by atoms with van der Waals surface area (Å²) in [6.45, 7) is 5.91. The molecule has 0 bridgehead atoms. The van der Waals surface area contributed by atoms with Gasteiger partial charge in [-0.2, -0.15) is 0 Å². The smallest absolute Gasteiger partial charge is 0.0876 e. The van der Waals surface area contributed by atoms with Gasteiger partial charge in [-0.3, -0.25) is 4.98 Å². The zero-order chi connectivity index (χ0) is 12.1. The predicted molar refractivity (Wildman–Crippen MR) is 68.7 cm³/mol. The van der Waals surface area contributed by atoms with E-state index in [0.29, 0.717) is 0 Å². The van der Waals surface area contributed by atoms with Gasteiger partial charge in [-0.05, 0) is 43.5 Å². The lowest BCUT2D eigenvalue weighted by molar-refractivity contribution is 0.219. The minimum absolute atomic E-state index is 0.244. The van der Waals surface area contributed by atoms with E-state index in [1.165, 1.54) is 11.1 Å². The second kappa shape index (κ2) is 5.82.